The molecule has 6 nitrogen and oxygen atoms in total. The van der Waals surface area contributed by atoms with Crippen LogP contribution < -0.4 is 0 Å². The lowest BCUT2D eigenvalue weighted by Crippen LogP contribution is -2.45. The molecule has 3 aliphatic rings. The summed E-state index contributed by atoms with van der Waals surface area (Å²) in [5.74, 6) is 1.24. The second-order valence-corrected chi connectivity index (χ2v) is 11.3. The minimum absolute atomic E-state index is 0.130. The molecule has 3 rings (SSSR count). The zero-order valence-corrected chi connectivity index (χ0v) is 24.1. The monoisotopic (exact) mass is 512 g/mol. The van der Waals surface area contributed by atoms with Gasteiger partial charge >= 0.3 is 0 Å². The molecule has 0 radical (unpaired) electrons. The highest BCUT2D eigenvalue weighted by atomic mass is 16.8. The standard InChI is InChI=1S/C30H56O6/c1-7-13-16-21(10-4)28-31-19-24(33-28)26-27(36-30(35-26)23(12-6)18-15-9-3)25-20-32-29(34-25)22(11-5)17-14-8-2/h21-30H,7-20H2,1-6H3/t21?,22?,23?,24-,25+,26-,27-,28?,29?,30?/m1/s1. The third-order valence-corrected chi connectivity index (χ3v) is 8.62. The topological polar surface area (TPSA) is 55.4 Å². The summed E-state index contributed by atoms with van der Waals surface area (Å²) in [4.78, 5) is 0. The Morgan fingerprint density at radius 1 is 0.500 bits per heavy atom. The van der Waals surface area contributed by atoms with Gasteiger partial charge in [-0.1, -0.05) is 80.1 Å². The summed E-state index contributed by atoms with van der Waals surface area (Å²) in [5, 5.41) is 0. The van der Waals surface area contributed by atoms with Gasteiger partial charge in [0.2, 0.25) is 0 Å². The van der Waals surface area contributed by atoms with E-state index in [9.17, 15) is 0 Å². The number of hydrogen-bond acceptors (Lipinski definition) is 6. The third-order valence-electron chi connectivity index (χ3n) is 8.62. The molecule has 0 aromatic heterocycles. The van der Waals surface area contributed by atoms with Crippen molar-refractivity contribution in [2.45, 2.75) is 162 Å². The molecule has 0 bridgehead atoms. The zero-order valence-electron chi connectivity index (χ0n) is 24.1. The quantitative estimate of drug-likeness (QED) is 0.205. The lowest BCUT2D eigenvalue weighted by atomic mass is 9.98. The molecule has 212 valence electrons. The largest absolute Gasteiger partial charge is 0.350 e. The van der Waals surface area contributed by atoms with Crippen molar-refractivity contribution in [3.63, 3.8) is 0 Å². The van der Waals surface area contributed by atoms with Gasteiger partial charge in [0.15, 0.2) is 18.9 Å². The normalized spacial score (nSPS) is 35.3. The van der Waals surface area contributed by atoms with E-state index in [4.69, 9.17) is 28.4 Å². The summed E-state index contributed by atoms with van der Waals surface area (Å²) in [6.07, 6.45) is 12.6. The van der Waals surface area contributed by atoms with E-state index in [1.165, 1.54) is 38.5 Å². The van der Waals surface area contributed by atoms with E-state index in [0.29, 0.717) is 31.0 Å². The molecule has 3 saturated heterocycles. The maximum atomic E-state index is 6.69. The first kappa shape index (κ1) is 30.3. The second kappa shape index (κ2) is 16.0. The van der Waals surface area contributed by atoms with Crippen LogP contribution in [0.5, 0.6) is 0 Å². The molecule has 3 heterocycles. The van der Waals surface area contributed by atoms with Crippen LogP contribution in [-0.2, 0) is 28.4 Å². The number of rotatable bonds is 17. The predicted octanol–water partition coefficient (Wildman–Crippen LogP) is 7.23. The van der Waals surface area contributed by atoms with Crippen molar-refractivity contribution in [3.8, 4) is 0 Å². The van der Waals surface area contributed by atoms with E-state index in [-0.39, 0.29) is 43.3 Å². The van der Waals surface area contributed by atoms with Crippen LogP contribution in [-0.4, -0.2) is 56.5 Å². The van der Waals surface area contributed by atoms with Gasteiger partial charge in [-0.25, -0.2) is 0 Å². The van der Waals surface area contributed by atoms with Gasteiger partial charge in [-0.05, 0) is 38.5 Å². The van der Waals surface area contributed by atoms with E-state index in [1.807, 2.05) is 0 Å². The highest BCUT2D eigenvalue weighted by Crippen LogP contribution is 2.39. The predicted molar refractivity (Wildman–Crippen MR) is 143 cm³/mol. The van der Waals surface area contributed by atoms with Gasteiger partial charge in [0.25, 0.3) is 0 Å². The molecule has 10 atom stereocenters. The molecule has 0 amide bonds. The minimum atomic E-state index is -0.217. The van der Waals surface area contributed by atoms with Crippen molar-refractivity contribution in [1.29, 1.82) is 0 Å². The first-order valence-electron chi connectivity index (χ1n) is 15.4. The van der Waals surface area contributed by atoms with Crippen LogP contribution in [0.15, 0.2) is 0 Å². The molecule has 36 heavy (non-hydrogen) atoms. The van der Waals surface area contributed by atoms with Gasteiger partial charge in [-0.2, -0.15) is 0 Å². The SMILES string of the molecule is CCCCC(CC)C1O[C@H]([C@@H]2COC(C(CC)CCCC)O2)[C@@H]([C@H]2COC(C(CC)CCCC)O2)O1. The summed E-state index contributed by atoms with van der Waals surface area (Å²) < 4.78 is 38.9. The highest BCUT2D eigenvalue weighted by molar-refractivity contribution is 4.94. The van der Waals surface area contributed by atoms with Crippen molar-refractivity contribution >= 4 is 0 Å². The van der Waals surface area contributed by atoms with E-state index in [0.717, 1.165) is 38.5 Å². The third kappa shape index (κ3) is 7.89. The van der Waals surface area contributed by atoms with E-state index < -0.39 is 0 Å². The Balaban J connectivity index is 1.69. The van der Waals surface area contributed by atoms with Gasteiger partial charge in [0.1, 0.15) is 24.4 Å². The molecule has 3 fully saturated rings. The van der Waals surface area contributed by atoms with Crippen LogP contribution >= 0.6 is 0 Å². The summed E-state index contributed by atoms with van der Waals surface area (Å²) in [6.45, 7) is 14.6. The number of hydrogen-bond donors (Lipinski definition) is 0. The van der Waals surface area contributed by atoms with E-state index in [2.05, 4.69) is 41.5 Å². The fourth-order valence-corrected chi connectivity index (χ4v) is 6.03. The van der Waals surface area contributed by atoms with Gasteiger partial charge in [-0.3, -0.25) is 0 Å². The molecule has 0 saturated carbocycles. The Morgan fingerprint density at radius 2 is 0.861 bits per heavy atom. The zero-order chi connectivity index (χ0) is 25.9. The molecule has 6 unspecified atom stereocenters. The lowest BCUT2D eigenvalue weighted by molar-refractivity contribution is -0.140. The van der Waals surface area contributed by atoms with Gasteiger partial charge in [0.05, 0.1) is 13.2 Å². The summed E-state index contributed by atoms with van der Waals surface area (Å²) in [5.41, 5.74) is 0. The maximum absolute atomic E-state index is 6.69. The Morgan fingerprint density at radius 3 is 1.19 bits per heavy atom. The first-order chi connectivity index (χ1) is 17.6. The maximum Gasteiger partial charge on any atom is 0.161 e. The van der Waals surface area contributed by atoms with Crippen molar-refractivity contribution < 1.29 is 28.4 Å². The molecule has 0 spiro atoms. The van der Waals surface area contributed by atoms with Crippen molar-refractivity contribution in [3.05, 3.63) is 0 Å². The molecular formula is C30H56O6. The summed E-state index contributed by atoms with van der Waals surface area (Å²) in [7, 11) is 0. The van der Waals surface area contributed by atoms with Crippen LogP contribution in [0, 0.1) is 17.8 Å². The minimum Gasteiger partial charge on any atom is -0.350 e. The molecule has 3 aliphatic heterocycles. The fraction of sp³-hybridized carbons (Fsp3) is 1.00. The first-order valence-corrected chi connectivity index (χ1v) is 15.4. The fourth-order valence-electron chi connectivity index (χ4n) is 6.03. The Labute approximate surface area is 221 Å². The van der Waals surface area contributed by atoms with Crippen LogP contribution in [0.4, 0.5) is 0 Å². The van der Waals surface area contributed by atoms with Crippen LogP contribution in [0.2, 0.25) is 0 Å². The van der Waals surface area contributed by atoms with Crippen molar-refractivity contribution in [1.82, 2.24) is 0 Å². The average Bonchev–Trinajstić information content (AvgIpc) is 3.65. The Bertz CT molecular complexity index is 546. The Hall–Kier alpha value is -0.240. The summed E-state index contributed by atoms with van der Waals surface area (Å²) in [6, 6.07) is 0. The van der Waals surface area contributed by atoms with Crippen LogP contribution in [0.25, 0.3) is 0 Å². The molecule has 0 aliphatic carbocycles. The van der Waals surface area contributed by atoms with Crippen molar-refractivity contribution in [2.24, 2.45) is 17.8 Å². The van der Waals surface area contributed by atoms with E-state index >= 15 is 0 Å². The molecule has 6 heteroatoms. The van der Waals surface area contributed by atoms with E-state index in [1.54, 1.807) is 0 Å². The second-order valence-electron chi connectivity index (χ2n) is 11.3. The lowest BCUT2D eigenvalue weighted by Gasteiger charge is -2.27. The molecular weight excluding hydrogens is 456 g/mol. The van der Waals surface area contributed by atoms with Gasteiger partial charge in [-0.15, -0.1) is 0 Å². The van der Waals surface area contributed by atoms with Gasteiger partial charge in [0, 0.05) is 17.8 Å². The molecule has 0 N–H and O–H groups in total. The number of unbranched alkanes of at least 4 members (excludes halogenated alkanes) is 3. The summed E-state index contributed by atoms with van der Waals surface area (Å²) >= 11 is 0. The Kier molecular flexibility index (Phi) is 13.5. The highest BCUT2D eigenvalue weighted by Gasteiger charge is 2.52. The van der Waals surface area contributed by atoms with Gasteiger partial charge < -0.3 is 28.4 Å². The number of ether oxygens (including phenoxy) is 6. The molecule has 0 aromatic carbocycles. The van der Waals surface area contributed by atoms with Crippen LogP contribution in [0.1, 0.15) is 119 Å². The molecule has 0 aromatic rings. The average molecular weight is 513 g/mol. The van der Waals surface area contributed by atoms with Crippen LogP contribution in [0.3, 0.4) is 0 Å². The smallest absolute Gasteiger partial charge is 0.161 e. The van der Waals surface area contributed by atoms with Crippen molar-refractivity contribution in [2.75, 3.05) is 13.2 Å².